The Labute approximate surface area is 107 Å². The van der Waals surface area contributed by atoms with Gasteiger partial charge in [-0.15, -0.1) is 0 Å². The number of aliphatic carboxylic acids is 1. The number of hydrogen-bond donors (Lipinski definition) is 2. The number of primary amides is 1. The van der Waals surface area contributed by atoms with Gasteiger partial charge < -0.3 is 15.6 Å². The van der Waals surface area contributed by atoms with Crippen LogP contribution in [0.2, 0.25) is 0 Å². The molecule has 0 saturated carbocycles. The molecule has 100 valence electrons. The lowest BCUT2D eigenvalue weighted by Gasteiger charge is -1.99. The Hall–Kier alpha value is -2.04. The van der Waals surface area contributed by atoms with Crippen molar-refractivity contribution < 1.29 is 19.4 Å². The maximum Gasteiger partial charge on any atom is 0.404 e. The van der Waals surface area contributed by atoms with Gasteiger partial charge in [0.1, 0.15) is 6.61 Å². The van der Waals surface area contributed by atoms with E-state index in [0.29, 0.717) is 0 Å². The molecule has 1 aromatic rings. The third-order valence-corrected chi connectivity index (χ3v) is 1.81. The van der Waals surface area contributed by atoms with E-state index >= 15 is 0 Å². The number of nitrogens with two attached hydrogens (primary N) is 1. The summed E-state index contributed by atoms with van der Waals surface area (Å²) in [5, 5.41) is 8.08. The minimum absolute atomic E-state index is 0.246. The van der Waals surface area contributed by atoms with E-state index in [2.05, 4.69) is 4.74 Å². The molecule has 18 heavy (non-hydrogen) atoms. The summed E-state index contributed by atoms with van der Waals surface area (Å²) in [5.41, 5.74) is 5.72. The third kappa shape index (κ3) is 10.5. The molecule has 5 nitrogen and oxygen atoms in total. The summed E-state index contributed by atoms with van der Waals surface area (Å²) < 4.78 is 4.57. The number of rotatable bonds is 4. The SMILES string of the molecule is CC(C)CC(=O)O.NC(=O)OCc1ccccc1. The Morgan fingerprint density at radius 1 is 1.28 bits per heavy atom. The van der Waals surface area contributed by atoms with Gasteiger partial charge in [-0.3, -0.25) is 4.79 Å². The van der Waals surface area contributed by atoms with Crippen LogP contribution >= 0.6 is 0 Å². The Morgan fingerprint density at radius 3 is 2.17 bits per heavy atom. The van der Waals surface area contributed by atoms with Gasteiger partial charge in [0.15, 0.2) is 0 Å². The van der Waals surface area contributed by atoms with Gasteiger partial charge in [-0.2, -0.15) is 0 Å². The second kappa shape index (κ2) is 9.04. The van der Waals surface area contributed by atoms with Crippen LogP contribution in [-0.2, 0) is 16.1 Å². The lowest BCUT2D eigenvalue weighted by Crippen LogP contribution is -2.12. The van der Waals surface area contributed by atoms with Gasteiger partial charge in [-0.1, -0.05) is 44.2 Å². The van der Waals surface area contributed by atoms with Crippen molar-refractivity contribution in [2.45, 2.75) is 26.9 Å². The summed E-state index contributed by atoms with van der Waals surface area (Å²) in [6.45, 7) is 4.01. The standard InChI is InChI=1S/C8H9NO2.C5H10O2/c9-8(10)11-6-7-4-2-1-3-5-7;1-4(2)3-5(6)7/h1-5H,6H2,(H2,9,10);4H,3H2,1-2H3,(H,6,7). The Kier molecular flexibility index (Phi) is 8.01. The summed E-state index contributed by atoms with van der Waals surface area (Å²) in [7, 11) is 0. The maximum absolute atomic E-state index is 10.2. The van der Waals surface area contributed by atoms with E-state index in [1.807, 2.05) is 44.2 Å². The van der Waals surface area contributed by atoms with Crippen molar-refractivity contribution in [3.05, 3.63) is 35.9 Å². The van der Waals surface area contributed by atoms with Crippen LogP contribution in [0.3, 0.4) is 0 Å². The highest BCUT2D eigenvalue weighted by Crippen LogP contribution is 1.99. The first-order chi connectivity index (χ1) is 8.41. The van der Waals surface area contributed by atoms with Crippen LogP contribution in [0.25, 0.3) is 0 Å². The minimum atomic E-state index is -0.742. The van der Waals surface area contributed by atoms with Crippen LogP contribution in [0.15, 0.2) is 30.3 Å². The van der Waals surface area contributed by atoms with Gasteiger partial charge in [0.05, 0.1) is 0 Å². The molecule has 1 aromatic carbocycles. The van der Waals surface area contributed by atoms with Crippen LogP contribution in [-0.4, -0.2) is 17.2 Å². The highest BCUT2D eigenvalue weighted by atomic mass is 16.5. The predicted molar refractivity (Wildman–Crippen MR) is 67.9 cm³/mol. The zero-order chi connectivity index (χ0) is 14.0. The first-order valence-corrected chi connectivity index (χ1v) is 5.59. The van der Waals surface area contributed by atoms with Crippen LogP contribution in [0.1, 0.15) is 25.8 Å². The van der Waals surface area contributed by atoms with Gasteiger partial charge >= 0.3 is 12.1 Å². The monoisotopic (exact) mass is 253 g/mol. The Balaban J connectivity index is 0.000000360. The zero-order valence-corrected chi connectivity index (χ0v) is 10.6. The number of amides is 1. The van der Waals surface area contributed by atoms with Gasteiger partial charge in [0.2, 0.25) is 0 Å². The molecule has 0 atom stereocenters. The second-order valence-corrected chi connectivity index (χ2v) is 4.09. The van der Waals surface area contributed by atoms with Crippen molar-refractivity contribution in [2.24, 2.45) is 11.7 Å². The number of carboxylic acids is 1. The largest absolute Gasteiger partial charge is 0.481 e. The first kappa shape index (κ1) is 16.0. The summed E-state index contributed by atoms with van der Waals surface area (Å²) >= 11 is 0. The number of carbonyl (C=O) groups excluding carboxylic acids is 1. The molecular formula is C13H19NO4. The van der Waals surface area contributed by atoms with Crippen molar-refractivity contribution in [1.82, 2.24) is 0 Å². The molecule has 0 heterocycles. The third-order valence-electron chi connectivity index (χ3n) is 1.81. The van der Waals surface area contributed by atoms with Crippen LogP contribution in [0.5, 0.6) is 0 Å². The Bertz CT molecular complexity index is 363. The number of carbonyl (C=O) groups is 2. The fourth-order valence-corrected chi connectivity index (χ4v) is 1.08. The van der Waals surface area contributed by atoms with Crippen molar-refractivity contribution in [3.8, 4) is 0 Å². The molecule has 0 aliphatic carbocycles. The fraction of sp³-hybridized carbons (Fsp3) is 0.385. The molecule has 0 fully saturated rings. The van der Waals surface area contributed by atoms with Gasteiger partial charge in [-0.05, 0) is 11.5 Å². The summed E-state index contributed by atoms with van der Waals surface area (Å²) in [4.78, 5) is 20.0. The van der Waals surface area contributed by atoms with Gasteiger partial charge in [0.25, 0.3) is 0 Å². The van der Waals surface area contributed by atoms with E-state index in [1.165, 1.54) is 0 Å². The normalized spacial score (nSPS) is 9.28. The van der Waals surface area contributed by atoms with E-state index in [1.54, 1.807) is 0 Å². The molecule has 1 amide bonds. The summed E-state index contributed by atoms with van der Waals surface area (Å²) in [6.07, 6.45) is -0.464. The van der Waals surface area contributed by atoms with Crippen LogP contribution in [0.4, 0.5) is 4.79 Å². The van der Waals surface area contributed by atoms with E-state index in [9.17, 15) is 9.59 Å². The van der Waals surface area contributed by atoms with E-state index < -0.39 is 12.1 Å². The molecule has 5 heteroatoms. The lowest BCUT2D eigenvalue weighted by atomic mass is 10.1. The van der Waals surface area contributed by atoms with Crippen LogP contribution < -0.4 is 5.73 Å². The number of carboxylic acid groups (broad SMARTS) is 1. The molecule has 1 rings (SSSR count). The molecule has 0 aliphatic rings. The molecule has 0 spiro atoms. The minimum Gasteiger partial charge on any atom is -0.481 e. The number of hydrogen-bond acceptors (Lipinski definition) is 3. The predicted octanol–water partition coefficient (Wildman–Crippen LogP) is 2.40. The molecule has 0 saturated heterocycles. The molecule has 0 aliphatic heterocycles. The number of benzene rings is 1. The van der Waals surface area contributed by atoms with Crippen molar-refractivity contribution in [1.29, 1.82) is 0 Å². The zero-order valence-electron chi connectivity index (χ0n) is 10.6. The van der Waals surface area contributed by atoms with E-state index in [-0.39, 0.29) is 18.9 Å². The van der Waals surface area contributed by atoms with E-state index in [4.69, 9.17) is 10.8 Å². The molecule has 0 aromatic heterocycles. The fourth-order valence-electron chi connectivity index (χ4n) is 1.08. The number of ether oxygens (including phenoxy) is 1. The smallest absolute Gasteiger partial charge is 0.404 e. The van der Waals surface area contributed by atoms with Gasteiger partial charge in [0, 0.05) is 6.42 Å². The average molecular weight is 253 g/mol. The van der Waals surface area contributed by atoms with Crippen LogP contribution in [0, 0.1) is 5.92 Å². The molecule has 0 unspecified atom stereocenters. The summed E-state index contributed by atoms with van der Waals surface area (Å²) in [6, 6.07) is 9.37. The maximum atomic E-state index is 10.2. The Morgan fingerprint density at radius 2 is 1.83 bits per heavy atom. The van der Waals surface area contributed by atoms with E-state index in [0.717, 1.165) is 5.56 Å². The highest BCUT2D eigenvalue weighted by molar-refractivity contribution is 5.66. The highest BCUT2D eigenvalue weighted by Gasteiger charge is 1.98. The quantitative estimate of drug-likeness (QED) is 0.862. The first-order valence-electron chi connectivity index (χ1n) is 5.59. The van der Waals surface area contributed by atoms with Crippen molar-refractivity contribution in [3.63, 3.8) is 0 Å². The second-order valence-electron chi connectivity index (χ2n) is 4.09. The molecule has 0 bridgehead atoms. The molecule has 3 N–H and O–H groups in total. The molecule has 0 radical (unpaired) electrons. The average Bonchev–Trinajstić information content (AvgIpc) is 2.26. The lowest BCUT2D eigenvalue weighted by molar-refractivity contribution is -0.137. The summed E-state index contributed by atoms with van der Waals surface area (Å²) in [5.74, 6) is -0.438. The van der Waals surface area contributed by atoms with Crippen molar-refractivity contribution >= 4 is 12.1 Å². The topological polar surface area (TPSA) is 89.6 Å². The van der Waals surface area contributed by atoms with Crippen molar-refractivity contribution in [2.75, 3.05) is 0 Å². The van der Waals surface area contributed by atoms with Gasteiger partial charge in [-0.25, -0.2) is 4.79 Å². The molecular weight excluding hydrogens is 234 g/mol.